The Labute approximate surface area is 146 Å². The van der Waals surface area contributed by atoms with Gasteiger partial charge in [0.2, 0.25) is 0 Å². The summed E-state index contributed by atoms with van der Waals surface area (Å²) < 4.78 is 15.6. The molecule has 3 aromatic rings. The van der Waals surface area contributed by atoms with Crippen LogP contribution < -0.4 is 0 Å². The van der Waals surface area contributed by atoms with E-state index in [-0.39, 0.29) is 18.3 Å². The molecule has 0 bridgehead atoms. The Morgan fingerprint density at radius 2 is 1.80 bits per heavy atom. The van der Waals surface area contributed by atoms with E-state index in [1.807, 2.05) is 36.7 Å². The molecule has 0 fully saturated rings. The molecule has 2 aromatic carbocycles. The van der Waals surface area contributed by atoms with Gasteiger partial charge in [-0.2, -0.15) is 5.10 Å². The van der Waals surface area contributed by atoms with Crippen LogP contribution in [0.25, 0.3) is 5.69 Å². The number of rotatable bonds is 4. The molecule has 128 valence electrons. The molecule has 0 spiro atoms. The molecule has 0 unspecified atom stereocenters. The van der Waals surface area contributed by atoms with Crippen LogP contribution in [0.4, 0.5) is 4.39 Å². The van der Waals surface area contributed by atoms with Gasteiger partial charge < -0.3 is 4.90 Å². The number of aromatic nitrogens is 2. The number of carbonyl (C=O) groups excluding carboxylic acids is 1. The predicted molar refractivity (Wildman–Crippen MR) is 95.2 cm³/mol. The summed E-state index contributed by atoms with van der Waals surface area (Å²) in [4.78, 5) is 14.1. The topological polar surface area (TPSA) is 38.1 Å². The quantitative estimate of drug-likeness (QED) is 0.724. The van der Waals surface area contributed by atoms with Crippen molar-refractivity contribution < 1.29 is 9.18 Å². The first-order chi connectivity index (χ1) is 12.0. The highest BCUT2D eigenvalue weighted by molar-refractivity contribution is 5.94. The molecule has 25 heavy (non-hydrogen) atoms. The zero-order valence-electron chi connectivity index (χ0n) is 14.5. The number of nitrogens with zero attached hydrogens (tertiary/aromatic N) is 3. The number of amides is 1. The van der Waals surface area contributed by atoms with Crippen molar-refractivity contribution in [1.82, 2.24) is 14.7 Å². The van der Waals surface area contributed by atoms with Crippen LogP contribution in [0.15, 0.2) is 54.6 Å². The van der Waals surface area contributed by atoms with Crippen LogP contribution in [-0.2, 0) is 6.54 Å². The van der Waals surface area contributed by atoms with Crippen molar-refractivity contribution >= 4 is 5.91 Å². The summed E-state index contributed by atoms with van der Waals surface area (Å²) in [6.45, 7) is 4.16. The fourth-order valence-electron chi connectivity index (χ4n) is 2.81. The number of benzene rings is 2. The second kappa shape index (κ2) is 6.89. The molecular weight excluding hydrogens is 317 g/mol. The number of carbonyl (C=O) groups is 1. The highest BCUT2D eigenvalue weighted by atomic mass is 19.1. The summed E-state index contributed by atoms with van der Waals surface area (Å²) in [5, 5.41) is 4.44. The third-order valence-electron chi connectivity index (χ3n) is 4.08. The minimum absolute atomic E-state index is 0.150. The molecule has 0 N–H and O–H groups in total. The molecule has 0 atom stereocenters. The van der Waals surface area contributed by atoms with Gasteiger partial charge in [0.25, 0.3) is 5.91 Å². The van der Waals surface area contributed by atoms with Crippen molar-refractivity contribution in [2.45, 2.75) is 20.4 Å². The van der Waals surface area contributed by atoms with Gasteiger partial charge in [-0.3, -0.25) is 4.79 Å². The van der Waals surface area contributed by atoms with E-state index in [0.29, 0.717) is 11.1 Å². The van der Waals surface area contributed by atoms with E-state index in [4.69, 9.17) is 0 Å². The first kappa shape index (κ1) is 16.9. The van der Waals surface area contributed by atoms with Gasteiger partial charge in [-0.05, 0) is 50.2 Å². The van der Waals surface area contributed by atoms with Gasteiger partial charge in [0, 0.05) is 30.4 Å². The monoisotopic (exact) mass is 337 g/mol. The standard InChI is InChI=1S/C20H20FN3O/c1-14-12-15(2)24(22-14)18-10-8-16(9-11-18)20(25)23(3)13-17-6-4-5-7-19(17)21/h4-12H,13H2,1-3H3. The molecule has 0 aliphatic heterocycles. The van der Waals surface area contributed by atoms with Crippen LogP contribution in [0.1, 0.15) is 27.3 Å². The minimum atomic E-state index is -0.304. The number of halogens is 1. The first-order valence-electron chi connectivity index (χ1n) is 8.08. The van der Waals surface area contributed by atoms with Gasteiger partial charge in [-0.15, -0.1) is 0 Å². The van der Waals surface area contributed by atoms with E-state index in [0.717, 1.165) is 17.1 Å². The fourth-order valence-corrected chi connectivity index (χ4v) is 2.81. The summed E-state index contributed by atoms with van der Waals surface area (Å²) in [7, 11) is 1.67. The van der Waals surface area contributed by atoms with Crippen molar-refractivity contribution in [1.29, 1.82) is 0 Å². The van der Waals surface area contributed by atoms with E-state index in [1.165, 1.54) is 11.0 Å². The maximum absolute atomic E-state index is 13.7. The van der Waals surface area contributed by atoms with E-state index >= 15 is 0 Å². The molecule has 5 heteroatoms. The van der Waals surface area contributed by atoms with Gasteiger partial charge in [-0.1, -0.05) is 18.2 Å². The lowest BCUT2D eigenvalue weighted by molar-refractivity contribution is 0.0784. The molecule has 0 aliphatic rings. The van der Waals surface area contributed by atoms with Gasteiger partial charge >= 0.3 is 0 Å². The lowest BCUT2D eigenvalue weighted by atomic mass is 10.1. The zero-order valence-corrected chi connectivity index (χ0v) is 14.5. The maximum atomic E-state index is 13.7. The van der Waals surface area contributed by atoms with Crippen molar-refractivity contribution in [3.63, 3.8) is 0 Å². The Bertz CT molecular complexity index is 900. The summed E-state index contributed by atoms with van der Waals surface area (Å²) in [5.74, 6) is -0.454. The smallest absolute Gasteiger partial charge is 0.253 e. The van der Waals surface area contributed by atoms with Crippen LogP contribution in [0.5, 0.6) is 0 Å². The van der Waals surface area contributed by atoms with Crippen LogP contribution in [0.3, 0.4) is 0 Å². The highest BCUT2D eigenvalue weighted by Crippen LogP contribution is 2.15. The Balaban J connectivity index is 1.76. The normalized spacial score (nSPS) is 10.7. The van der Waals surface area contributed by atoms with Crippen molar-refractivity contribution in [2.75, 3.05) is 7.05 Å². The van der Waals surface area contributed by atoms with E-state index in [2.05, 4.69) is 5.10 Å². The molecule has 0 saturated carbocycles. The van der Waals surface area contributed by atoms with Crippen LogP contribution in [0.2, 0.25) is 0 Å². The molecule has 1 amide bonds. The Kier molecular flexibility index (Phi) is 4.65. The fraction of sp³-hybridized carbons (Fsp3) is 0.200. The molecule has 0 radical (unpaired) electrons. The van der Waals surface area contributed by atoms with E-state index < -0.39 is 0 Å². The molecule has 1 heterocycles. The van der Waals surface area contributed by atoms with Crippen molar-refractivity contribution in [3.05, 3.63) is 82.9 Å². The van der Waals surface area contributed by atoms with E-state index in [9.17, 15) is 9.18 Å². The second-order valence-corrected chi connectivity index (χ2v) is 6.14. The lowest BCUT2D eigenvalue weighted by Crippen LogP contribution is -2.26. The zero-order chi connectivity index (χ0) is 18.0. The van der Waals surface area contributed by atoms with Gasteiger partial charge in [-0.25, -0.2) is 9.07 Å². The maximum Gasteiger partial charge on any atom is 0.253 e. The molecular formula is C20H20FN3O. The molecule has 0 saturated heterocycles. The SMILES string of the molecule is Cc1cc(C)n(-c2ccc(C(=O)N(C)Cc3ccccc3F)cc2)n1. The summed E-state index contributed by atoms with van der Waals surface area (Å²) in [5.41, 5.74) is 3.94. The largest absolute Gasteiger partial charge is 0.337 e. The van der Waals surface area contributed by atoms with Crippen LogP contribution in [0, 0.1) is 19.7 Å². The molecule has 4 nitrogen and oxygen atoms in total. The Morgan fingerprint density at radius 3 is 2.40 bits per heavy atom. The van der Waals surface area contributed by atoms with Gasteiger partial charge in [0.05, 0.1) is 11.4 Å². The van der Waals surface area contributed by atoms with Crippen LogP contribution in [-0.4, -0.2) is 27.6 Å². The molecule has 3 rings (SSSR count). The number of hydrogen-bond acceptors (Lipinski definition) is 2. The summed E-state index contributed by atoms with van der Waals surface area (Å²) >= 11 is 0. The molecule has 1 aromatic heterocycles. The third-order valence-corrected chi connectivity index (χ3v) is 4.08. The Hall–Kier alpha value is -2.95. The van der Waals surface area contributed by atoms with Crippen molar-refractivity contribution in [2.24, 2.45) is 0 Å². The predicted octanol–water partition coefficient (Wildman–Crippen LogP) is 3.90. The molecule has 0 aliphatic carbocycles. The van der Waals surface area contributed by atoms with Crippen molar-refractivity contribution in [3.8, 4) is 5.69 Å². The second-order valence-electron chi connectivity index (χ2n) is 6.14. The average molecular weight is 337 g/mol. The summed E-state index contributed by atoms with van der Waals surface area (Å²) in [6, 6.07) is 15.8. The average Bonchev–Trinajstić information content (AvgIpc) is 2.94. The Morgan fingerprint density at radius 1 is 1.12 bits per heavy atom. The lowest BCUT2D eigenvalue weighted by Gasteiger charge is -2.18. The third kappa shape index (κ3) is 3.60. The number of hydrogen-bond donors (Lipinski definition) is 0. The number of aryl methyl sites for hydroxylation is 2. The highest BCUT2D eigenvalue weighted by Gasteiger charge is 2.14. The van der Waals surface area contributed by atoms with Gasteiger partial charge in [0.15, 0.2) is 0 Å². The summed E-state index contributed by atoms with van der Waals surface area (Å²) in [6.07, 6.45) is 0. The van der Waals surface area contributed by atoms with E-state index in [1.54, 1.807) is 37.4 Å². The van der Waals surface area contributed by atoms with Crippen LogP contribution >= 0.6 is 0 Å². The van der Waals surface area contributed by atoms with Gasteiger partial charge in [0.1, 0.15) is 5.82 Å². The minimum Gasteiger partial charge on any atom is -0.337 e. The first-order valence-corrected chi connectivity index (χ1v) is 8.08.